The maximum Gasteiger partial charge on any atom is 0.358 e. The molecule has 1 aromatic heterocycles. The van der Waals surface area contributed by atoms with Gasteiger partial charge in [-0.15, -0.1) is 0 Å². The summed E-state index contributed by atoms with van der Waals surface area (Å²) < 4.78 is 2.24. The van der Waals surface area contributed by atoms with Gasteiger partial charge in [0, 0.05) is 13.1 Å². The Labute approximate surface area is 117 Å². The number of amides is 1. The zero-order chi connectivity index (χ0) is 14.9. The van der Waals surface area contributed by atoms with Crippen molar-refractivity contribution in [2.45, 2.75) is 26.8 Å². The molecule has 0 aliphatic heterocycles. The number of benzene rings is 1. The van der Waals surface area contributed by atoms with Crippen molar-refractivity contribution < 1.29 is 4.79 Å². The maximum absolute atomic E-state index is 12.3. The largest absolute Gasteiger partial charge is 0.358 e. The number of nitrogens with zero attached hydrogens (tertiary/aromatic N) is 4. The van der Waals surface area contributed by atoms with Gasteiger partial charge in [0.05, 0.1) is 5.69 Å². The van der Waals surface area contributed by atoms with E-state index >= 15 is 0 Å². The molecule has 1 aromatic carbocycles. The van der Waals surface area contributed by atoms with Crippen molar-refractivity contribution in [1.29, 1.82) is 0 Å². The number of rotatable bonds is 2. The molecular weight excluding hydrogens is 256 g/mol. The summed E-state index contributed by atoms with van der Waals surface area (Å²) in [6.45, 7) is 5.70. The van der Waals surface area contributed by atoms with E-state index in [1.165, 1.54) is 15.9 Å². The molecule has 0 saturated heterocycles. The summed E-state index contributed by atoms with van der Waals surface area (Å²) in [6, 6.07) is 7.03. The molecule has 0 bridgehead atoms. The summed E-state index contributed by atoms with van der Waals surface area (Å²) >= 11 is 0. The van der Waals surface area contributed by atoms with Gasteiger partial charge in [0.2, 0.25) is 0 Å². The lowest BCUT2D eigenvalue weighted by Crippen LogP contribution is -2.41. The van der Waals surface area contributed by atoms with Gasteiger partial charge in [0.1, 0.15) is 6.33 Å². The summed E-state index contributed by atoms with van der Waals surface area (Å²) in [7, 11) is 1.66. The van der Waals surface area contributed by atoms with Crippen molar-refractivity contribution in [1.82, 2.24) is 19.2 Å². The van der Waals surface area contributed by atoms with Gasteiger partial charge >= 0.3 is 11.7 Å². The number of hydrogen-bond acceptors (Lipinski definition) is 3. The summed E-state index contributed by atoms with van der Waals surface area (Å²) in [5, 5.41) is 4.01. The van der Waals surface area contributed by atoms with E-state index in [1.54, 1.807) is 13.1 Å². The molecule has 0 aliphatic carbocycles. The predicted molar refractivity (Wildman–Crippen MR) is 76.3 cm³/mol. The highest BCUT2D eigenvalue weighted by molar-refractivity contribution is 5.76. The molecule has 0 radical (unpaired) electrons. The van der Waals surface area contributed by atoms with Crippen LogP contribution in [0.5, 0.6) is 0 Å². The van der Waals surface area contributed by atoms with E-state index < -0.39 is 5.69 Å². The highest BCUT2D eigenvalue weighted by Crippen LogP contribution is 2.06. The minimum atomic E-state index is -0.465. The fourth-order valence-electron chi connectivity index (χ4n) is 1.76. The van der Waals surface area contributed by atoms with E-state index in [-0.39, 0.29) is 12.1 Å². The van der Waals surface area contributed by atoms with Crippen molar-refractivity contribution in [2.75, 3.05) is 7.05 Å². The first-order valence-corrected chi connectivity index (χ1v) is 6.42. The normalized spacial score (nSPS) is 10.8. The van der Waals surface area contributed by atoms with E-state index in [2.05, 4.69) is 5.10 Å². The third-order valence-electron chi connectivity index (χ3n) is 3.20. The third kappa shape index (κ3) is 2.49. The number of carbonyl (C=O) groups is 1. The Morgan fingerprint density at radius 2 is 2.05 bits per heavy atom. The van der Waals surface area contributed by atoms with Crippen LogP contribution in [0.3, 0.4) is 0 Å². The molecule has 1 amide bonds. The monoisotopic (exact) mass is 274 g/mol. The Balaban J connectivity index is 2.42. The minimum absolute atomic E-state index is 0.0109. The van der Waals surface area contributed by atoms with Crippen molar-refractivity contribution >= 4 is 6.03 Å². The van der Waals surface area contributed by atoms with E-state index in [0.29, 0.717) is 5.69 Å². The van der Waals surface area contributed by atoms with Crippen molar-refractivity contribution in [3.63, 3.8) is 0 Å². The number of aromatic nitrogens is 3. The van der Waals surface area contributed by atoms with Gasteiger partial charge in [0.25, 0.3) is 0 Å². The first-order chi connectivity index (χ1) is 9.41. The topological polar surface area (TPSA) is 60.1 Å². The zero-order valence-electron chi connectivity index (χ0n) is 12.1. The molecule has 0 spiro atoms. The Bertz CT molecular complexity index is 684. The Morgan fingerprint density at radius 1 is 1.35 bits per heavy atom. The van der Waals surface area contributed by atoms with Crippen LogP contribution in [-0.4, -0.2) is 38.4 Å². The first kappa shape index (κ1) is 14.0. The lowest BCUT2D eigenvalue weighted by Gasteiger charge is -2.20. The molecule has 0 unspecified atom stereocenters. The van der Waals surface area contributed by atoms with Gasteiger partial charge in [-0.25, -0.2) is 9.59 Å². The second-order valence-electron chi connectivity index (χ2n) is 5.02. The predicted octanol–water partition coefficient (Wildman–Crippen LogP) is 1.65. The van der Waals surface area contributed by atoms with Crippen LogP contribution in [0.2, 0.25) is 0 Å². The Hall–Kier alpha value is -2.37. The Kier molecular flexibility index (Phi) is 3.74. The van der Waals surface area contributed by atoms with E-state index in [4.69, 9.17) is 0 Å². The fraction of sp³-hybridized carbons (Fsp3) is 0.357. The SMILES string of the molecule is Cc1cccc(-n2ncn(C(=O)N(C)C(C)C)c2=O)c1. The van der Waals surface area contributed by atoms with E-state index in [0.717, 1.165) is 10.1 Å². The summed E-state index contributed by atoms with van der Waals surface area (Å²) in [6.07, 6.45) is 1.26. The summed E-state index contributed by atoms with van der Waals surface area (Å²) in [5.41, 5.74) is 1.21. The van der Waals surface area contributed by atoms with Gasteiger partial charge in [-0.05, 0) is 38.5 Å². The molecule has 0 saturated carbocycles. The lowest BCUT2D eigenvalue weighted by atomic mass is 10.2. The summed E-state index contributed by atoms with van der Waals surface area (Å²) in [4.78, 5) is 25.9. The second kappa shape index (κ2) is 5.32. The molecule has 6 nitrogen and oxygen atoms in total. The van der Waals surface area contributed by atoms with Crippen LogP contribution in [0.4, 0.5) is 4.79 Å². The highest BCUT2D eigenvalue weighted by Gasteiger charge is 2.18. The molecule has 20 heavy (non-hydrogen) atoms. The maximum atomic E-state index is 12.3. The number of aryl methyl sites for hydroxylation is 1. The molecule has 2 rings (SSSR count). The first-order valence-electron chi connectivity index (χ1n) is 6.42. The minimum Gasteiger partial charge on any atom is -0.325 e. The quantitative estimate of drug-likeness (QED) is 0.836. The van der Waals surface area contributed by atoms with Crippen LogP contribution in [0.15, 0.2) is 35.4 Å². The third-order valence-corrected chi connectivity index (χ3v) is 3.20. The van der Waals surface area contributed by atoms with Gasteiger partial charge in [-0.1, -0.05) is 12.1 Å². The van der Waals surface area contributed by atoms with Crippen molar-refractivity contribution in [2.24, 2.45) is 0 Å². The number of carbonyl (C=O) groups excluding carboxylic acids is 1. The van der Waals surface area contributed by atoms with Gasteiger partial charge < -0.3 is 4.90 Å². The van der Waals surface area contributed by atoms with Crippen molar-refractivity contribution in [3.05, 3.63) is 46.6 Å². The van der Waals surface area contributed by atoms with E-state index in [9.17, 15) is 9.59 Å². The number of hydrogen-bond donors (Lipinski definition) is 0. The van der Waals surface area contributed by atoms with Gasteiger partial charge in [-0.3, -0.25) is 0 Å². The zero-order valence-corrected chi connectivity index (χ0v) is 12.1. The molecular formula is C14H18N4O2. The van der Waals surface area contributed by atoms with Crippen LogP contribution in [-0.2, 0) is 0 Å². The summed E-state index contributed by atoms with van der Waals surface area (Å²) in [5.74, 6) is 0. The highest BCUT2D eigenvalue weighted by atomic mass is 16.2. The van der Waals surface area contributed by atoms with Crippen molar-refractivity contribution in [3.8, 4) is 5.69 Å². The lowest BCUT2D eigenvalue weighted by molar-refractivity contribution is 0.198. The molecule has 2 aromatic rings. The van der Waals surface area contributed by atoms with Crippen LogP contribution in [0, 0.1) is 6.92 Å². The molecule has 0 aliphatic rings. The molecule has 106 valence electrons. The average molecular weight is 274 g/mol. The van der Waals surface area contributed by atoms with Crippen LogP contribution in [0.25, 0.3) is 5.69 Å². The van der Waals surface area contributed by atoms with Gasteiger partial charge in [0.15, 0.2) is 0 Å². The van der Waals surface area contributed by atoms with E-state index in [1.807, 2.05) is 39.0 Å². The molecule has 0 N–H and O–H groups in total. The molecule has 6 heteroatoms. The second-order valence-corrected chi connectivity index (χ2v) is 5.02. The average Bonchev–Trinajstić information content (AvgIpc) is 2.78. The smallest absolute Gasteiger partial charge is 0.325 e. The van der Waals surface area contributed by atoms with Crippen LogP contribution in [0.1, 0.15) is 19.4 Å². The van der Waals surface area contributed by atoms with Crippen LogP contribution >= 0.6 is 0 Å². The molecule has 0 fully saturated rings. The molecule has 0 atom stereocenters. The Morgan fingerprint density at radius 3 is 2.65 bits per heavy atom. The fourth-order valence-corrected chi connectivity index (χ4v) is 1.76. The van der Waals surface area contributed by atoms with Gasteiger partial charge in [-0.2, -0.15) is 14.3 Å². The van der Waals surface area contributed by atoms with Crippen LogP contribution < -0.4 is 5.69 Å². The standard InChI is InChI=1S/C14H18N4O2/c1-10(2)16(4)13(19)17-9-15-18(14(17)20)12-7-5-6-11(3)8-12/h5-10H,1-4H3. The molecule has 1 heterocycles.